The Morgan fingerprint density at radius 2 is 1.72 bits per heavy atom. The van der Waals surface area contributed by atoms with Crippen LogP contribution in [0, 0.1) is 0 Å². The summed E-state index contributed by atoms with van der Waals surface area (Å²) in [6.07, 6.45) is -9.32. The summed E-state index contributed by atoms with van der Waals surface area (Å²) in [4.78, 5) is 34.9. The molecular weight excluding hydrogens is 524 g/mol. The molecule has 0 saturated carbocycles. The molecule has 4 rings (SSSR count). The van der Waals surface area contributed by atoms with Gasteiger partial charge in [-0.1, -0.05) is 0 Å². The molecule has 0 bridgehead atoms. The lowest BCUT2D eigenvalue weighted by Crippen LogP contribution is -2.60. The van der Waals surface area contributed by atoms with Crippen LogP contribution >= 0.6 is 0 Å². The number of aliphatic carboxylic acids is 1. The SMILES string of the molecule is COc1cc(-c2cc(=O)c3c(O)cc(O[C@@H]4O[C@H](COC(=O)CC(=O)O)[C@H](O)[C@H](O)[C@H]4O)cc3o2)ccc1O. The minimum absolute atomic E-state index is 0.0677. The van der Waals surface area contributed by atoms with Crippen molar-refractivity contribution in [1.82, 2.24) is 0 Å². The number of phenols is 2. The highest BCUT2D eigenvalue weighted by Gasteiger charge is 2.45. The van der Waals surface area contributed by atoms with Crippen molar-refractivity contribution in [2.24, 2.45) is 0 Å². The van der Waals surface area contributed by atoms with Gasteiger partial charge in [0.2, 0.25) is 6.29 Å². The van der Waals surface area contributed by atoms with Gasteiger partial charge in [0, 0.05) is 23.8 Å². The summed E-state index contributed by atoms with van der Waals surface area (Å²) in [7, 11) is 1.35. The highest BCUT2D eigenvalue weighted by molar-refractivity contribution is 5.90. The summed E-state index contributed by atoms with van der Waals surface area (Å²) in [6, 6.07) is 7.64. The smallest absolute Gasteiger partial charge is 0.317 e. The molecule has 3 aromatic rings. The number of carboxylic acid groups (broad SMARTS) is 1. The Labute approximate surface area is 218 Å². The molecule has 0 radical (unpaired) electrons. The molecule has 5 atom stereocenters. The van der Waals surface area contributed by atoms with E-state index in [1.165, 1.54) is 31.4 Å². The van der Waals surface area contributed by atoms with E-state index in [2.05, 4.69) is 0 Å². The van der Waals surface area contributed by atoms with Crippen LogP contribution in [-0.2, 0) is 19.1 Å². The van der Waals surface area contributed by atoms with Gasteiger partial charge in [-0.3, -0.25) is 14.4 Å². The van der Waals surface area contributed by atoms with Crippen molar-refractivity contribution in [1.29, 1.82) is 0 Å². The molecule has 0 amide bonds. The number of carbonyl (C=O) groups is 2. The van der Waals surface area contributed by atoms with Gasteiger partial charge >= 0.3 is 11.9 Å². The molecule has 14 nitrogen and oxygen atoms in total. The van der Waals surface area contributed by atoms with Gasteiger partial charge in [-0.25, -0.2) is 0 Å². The zero-order chi connectivity index (χ0) is 28.4. The number of benzene rings is 2. The van der Waals surface area contributed by atoms with Crippen LogP contribution in [0.2, 0.25) is 0 Å². The van der Waals surface area contributed by atoms with Gasteiger partial charge in [0.1, 0.15) is 65.7 Å². The lowest BCUT2D eigenvalue weighted by Gasteiger charge is -2.39. The third-order valence-corrected chi connectivity index (χ3v) is 5.87. The third-order valence-electron chi connectivity index (χ3n) is 5.87. The largest absolute Gasteiger partial charge is 0.507 e. The summed E-state index contributed by atoms with van der Waals surface area (Å²) in [5, 5.41) is 59.6. The number of carboxylic acids is 1. The van der Waals surface area contributed by atoms with Crippen LogP contribution in [-0.4, -0.2) is 87.0 Å². The number of phenolic OH excluding ortho intramolecular Hbond substituents is 2. The molecule has 6 N–H and O–H groups in total. The monoisotopic (exact) mass is 548 g/mol. The highest BCUT2D eigenvalue weighted by Crippen LogP contribution is 2.35. The van der Waals surface area contributed by atoms with E-state index in [0.29, 0.717) is 5.56 Å². The van der Waals surface area contributed by atoms with Gasteiger partial charge < -0.3 is 54.0 Å². The number of fused-ring (bicyclic) bond motifs is 1. The van der Waals surface area contributed by atoms with Crippen molar-refractivity contribution in [3.63, 3.8) is 0 Å². The molecule has 1 fully saturated rings. The average Bonchev–Trinajstić information content (AvgIpc) is 2.87. The summed E-state index contributed by atoms with van der Waals surface area (Å²) in [5.41, 5.74) is -0.347. The molecule has 1 aliphatic heterocycles. The number of hydrogen-bond donors (Lipinski definition) is 6. The molecule has 1 saturated heterocycles. The van der Waals surface area contributed by atoms with E-state index in [-0.39, 0.29) is 34.0 Å². The first-order chi connectivity index (χ1) is 18.5. The first-order valence-electron chi connectivity index (χ1n) is 11.4. The van der Waals surface area contributed by atoms with Crippen molar-refractivity contribution in [2.45, 2.75) is 37.1 Å². The number of carbonyl (C=O) groups excluding carboxylic acids is 1. The van der Waals surface area contributed by atoms with Crippen LogP contribution in [0.5, 0.6) is 23.0 Å². The van der Waals surface area contributed by atoms with E-state index in [1.807, 2.05) is 0 Å². The molecular formula is C25H24O14. The van der Waals surface area contributed by atoms with Crippen LogP contribution in [0.4, 0.5) is 0 Å². The standard InChI is InChI=1S/C25H24O14/c1-35-16-4-10(2-3-12(16)26)15-7-14(28)21-13(27)5-11(6-17(21)38-15)37-25-24(34)23(33)22(32)18(39-25)9-36-20(31)8-19(29)30/h2-7,18,22-27,32-34H,8-9H2,1H3,(H,29,30)/t18-,22+,23+,24-,25-/m1/s1. The number of aliphatic hydroxyl groups is 3. The fourth-order valence-electron chi connectivity index (χ4n) is 3.92. The lowest BCUT2D eigenvalue weighted by atomic mass is 9.99. The summed E-state index contributed by atoms with van der Waals surface area (Å²) >= 11 is 0. The average molecular weight is 548 g/mol. The predicted octanol–water partition coefficient (Wildman–Crippen LogP) is 0.0841. The lowest BCUT2D eigenvalue weighted by molar-refractivity contribution is -0.278. The van der Waals surface area contributed by atoms with Gasteiger partial charge in [-0.15, -0.1) is 0 Å². The van der Waals surface area contributed by atoms with E-state index in [9.17, 15) is 39.9 Å². The number of hydrogen-bond acceptors (Lipinski definition) is 13. The topological polar surface area (TPSA) is 223 Å². The normalized spacial score (nSPS) is 22.8. The zero-order valence-electron chi connectivity index (χ0n) is 20.2. The highest BCUT2D eigenvalue weighted by atomic mass is 16.7. The number of methoxy groups -OCH3 is 1. The maximum Gasteiger partial charge on any atom is 0.317 e. The number of ether oxygens (including phenoxy) is 4. The van der Waals surface area contributed by atoms with Crippen LogP contribution in [0.25, 0.3) is 22.3 Å². The second-order valence-corrected chi connectivity index (χ2v) is 8.56. The Bertz CT molecular complexity index is 1450. The second-order valence-electron chi connectivity index (χ2n) is 8.56. The minimum atomic E-state index is -1.81. The van der Waals surface area contributed by atoms with Crippen LogP contribution in [0.3, 0.4) is 0 Å². The van der Waals surface area contributed by atoms with E-state index in [1.54, 1.807) is 0 Å². The van der Waals surface area contributed by atoms with Gasteiger partial charge in [0.25, 0.3) is 0 Å². The molecule has 0 spiro atoms. The number of aromatic hydroxyl groups is 2. The Kier molecular flexibility index (Phi) is 7.92. The van der Waals surface area contributed by atoms with Gasteiger partial charge in [-0.05, 0) is 18.2 Å². The maximum atomic E-state index is 12.7. The summed E-state index contributed by atoms with van der Waals surface area (Å²) in [5.74, 6) is -3.19. The van der Waals surface area contributed by atoms with Crippen molar-refractivity contribution >= 4 is 22.9 Å². The first kappa shape index (κ1) is 27.7. The molecule has 208 valence electrons. The summed E-state index contributed by atoms with van der Waals surface area (Å²) in [6.45, 7) is -0.659. The molecule has 2 heterocycles. The zero-order valence-corrected chi connectivity index (χ0v) is 20.2. The fraction of sp³-hybridized carbons (Fsp3) is 0.320. The van der Waals surface area contributed by atoms with Crippen LogP contribution < -0.4 is 14.9 Å². The van der Waals surface area contributed by atoms with Gasteiger partial charge in [-0.2, -0.15) is 0 Å². The quantitative estimate of drug-likeness (QED) is 0.162. The van der Waals surface area contributed by atoms with Gasteiger partial charge in [0.15, 0.2) is 16.9 Å². The number of rotatable bonds is 8. The Morgan fingerprint density at radius 3 is 2.41 bits per heavy atom. The van der Waals surface area contributed by atoms with Crippen molar-refractivity contribution in [2.75, 3.05) is 13.7 Å². The van der Waals surface area contributed by atoms with E-state index < -0.39 is 66.9 Å². The Balaban J connectivity index is 1.61. The Hall–Kier alpha value is -4.37. The van der Waals surface area contributed by atoms with Crippen molar-refractivity contribution in [3.8, 4) is 34.3 Å². The molecule has 14 heteroatoms. The third kappa shape index (κ3) is 5.88. The minimum Gasteiger partial charge on any atom is -0.507 e. The van der Waals surface area contributed by atoms with Crippen LogP contribution in [0.1, 0.15) is 6.42 Å². The summed E-state index contributed by atoms with van der Waals surface area (Å²) < 4.78 is 26.6. The number of aliphatic hydroxyl groups excluding tert-OH is 3. The first-order valence-corrected chi connectivity index (χ1v) is 11.4. The van der Waals surface area contributed by atoms with Gasteiger partial charge in [0.05, 0.1) is 7.11 Å². The molecule has 0 unspecified atom stereocenters. The molecule has 0 aliphatic carbocycles. The molecule has 1 aromatic heterocycles. The molecule has 2 aromatic carbocycles. The van der Waals surface area contributed by atoms with Crippen LogP contribution in [0.15, 0.2) is 45.6 Å². The van der Waals surface area contributed by atoms with Crippen molar-refractivity contribution in [3.05, 3.63) is 46.6 Å². The fourth-order valence-corrected chi connectivity index (χ4v) is 3.92. The Morgan fingerprint density at radius 1 is 0.974 bits per heavy atom. The molecule has 1 aliphatic rings. The molecule has 39 heavy (non-hydrogen) atoms. The second kappa shape index (κ2) is 11.2. The van der Waals surface area contributed by atoms with E-state index >= 15 is 0 Å². The van der Waals surface area contributed by atoms with Crippen molar-refractivity contribution < 1.29 is 63.6 Å². The predicted molar refractivity (Wildman–Crippen MR) is 128 cm³/mol. The van der Waals surface area contributed by atoms with E-state index in [0.717, 1.165) is 12.1 Å². The number of esters is 1. The maximum absolute atomic E-state index is 12.7. The van der Waals surface area contributed by atoms with E-state index in [4.69, 9.17) is 28.5 Å².